The van der Waals surface area contributed by atoms with E-state index in [1.54, 1.807) is 6.20 Å². The molecule has 0 aliphatic rings. The number of nitrogens with zero attached hydrogens (tertiary/aromatic N) is 2. The Morgan fingerprint density at radius 1 is 1.48 bits per heavy atom. The monoisotopic (exact) mass is 283 g/mol. The summed E-state index contributed by atoms with van der Waals surface area (Å²) in [4.78, 5) is 17.1. The van der Waals surface area contributed by atoms with E-state index in [9.17, 15) is 4.79 Å². The Kier molecular flexibility index (Phi) is 4.29. The molecule has 0 bridgehead atoms. The van der Waals surface area contributed by atoms with Crippen LogP contribution in [0.5, 0.6) is 0 Å². The number of aliphatic carboxylic acids is 1. The highest BCUT2D eigenvalue weighted by Gasteiger charge is 2.20. The Morgan fingerprint density at radius 3 is 2.76 bits per heavy atom. The van der Waals surface area contributed by atoms with E-state index >= 15 is 0 Å². The van der Waals surface area contributed by atoms with Crippen LogP contribution in [0.1, 0.15) is 13.3 Å². The molecular weight excluding hydrogens is 266 g/mol. The first kappa shape index (κ1) is 14.7. The Hall–Kier alpha value is -2.74. The number of nitrogen functional groups attached to an aromatic ring is 1. The molecule has 5 heteroatoms. The molecule has 108 valence electrons. The average molecular weight is 283 g/mol. The van der Waals surface area contributed by atoms with Gasteiger partial charge in [0.15, 0.2) is 0 Å². The number of pyridine rings is 1. The van der Waals surface area contributed by atoms with E-state index in [4.69, 9.17) is 17.3 Å². The molecule has 0 unspecified atom stereocenters. The molecular formula is C16H17N3O2. The minimum Gasteiger partial charge on any atom is -0.481 e. The highest BCUT2D eigenvalue weighted by atomic mass is 16.4. The summed E-state index contributed by atoms with van der Waals surface area (Å²) in [6.45, 7) is 2.10. The van der Waals surface area contributed by atoms with Crippen molar-refractivity contribution < 1.29 is 9.90 Å². The number of carbonyl (C=O) groups is 1. The van der Waals surface area contributed by atoms with Crippen molar-refractivity contribution in [2.45, 2.75) is 19.4 Å². The van der Waals surface area contributed by atoms with Crippen LogP contribution in [0.3, 0.4) is 0 Å². The van der Waals surface area contributed by atoms with E-state index in [1.165, 1.54) is 0 Å². The number of benzene rings is 1. The Labute approximate surface area is 123 Å². The molecule has 3 N–H and O–H groups in total. The lowest BCUT2D eigenvalue weighted by atomic mass is 10.1. The van der Waals surface area contributed by atoms with Crippen LogP contribution in [-0.2, 0) is 4.79 Å². The maximum Gasteiger partial charge on any atom is 0.305 e. The van der Waals surface area contributed by atoms with Crippen molar-refractivity contribution in [3.05, 3.63) is 30.5 Å². The van der Waals surface area contributed by atoms with Gasteiger partial charge in [0.25, 0.3) is 0 Å². The lowest BCUT2D eigenvalue weighted by Crippen LogP contribution is -2.36. The minimum absolute atomic E-state index is 0.0118. The van der Waals surface area contributed by atoms with Gasteiger partial charge in [-0.3, -0.25) is 4.79 Å². The Bertz CT molecular complexity index is 706. The SMILES string of the molecule is C#CCN(c1ncc(N)c2ccccc12)[C@@H](C)CC(=O)O. The van der Waals surface area contributed by atoms with Crippen molar-refractivity contribution in [3.63, 3.8) is 0 Å². The zero-order valence-corrected chi connectivity index (χ0v) is 11.8. The number of hydrogen-bond acceptors (Lipinski definition) is 4. The lowest BCUT2D eigenvalue weighted by Gasteiger charge is -2.28. The summed E-state index contributed by atoms with van der Waals surface area (Å²) in [7, 11) is 0. The van der Waals surface area contributed by atoms with Crippen LogP contribution in [0.25, 0.3) is 10.8 Å². The summed E-state index contributed by atoms with van der Waals surface area (Å²) in [5.41, 5.74) is 6.52. The second-order valence-corrected chi connectivity index (χ2v) is 4.86. The van der Waals surface area contributed by atoms with Crippen molar-refractivity contribution in [1.82, 2.24) is 4.98 Å². The maximum atomic E-state index is 10.9. The third-order valence-electron chi connectivity index (χ3n) is 3.34. The van der Waals surface area contributed by atoms with Crippen LogP contribution in [0.4, 0.5) is 11.5 Å². The van der Waals surface area contributed by atoms with E-state index in [0.717, 1.165) is 10.8 Å². The molecule has 0 saturated carbocycles. The van der Waals surface area contributed by atoms with Crippen molar-refractivity contribution in [1.29, 1.82) is 0 Å². The van der Waals surface area contributed by atoms with Crippen molar-refractivity contribution >= 4 is 28.2 Å². The Morgan fingerprint density at radius 2 is 2.14 bits per heavy atom. The first-order chi connectivity index (χ1) is 10.0. The van der Waals surface area contributed by atoms with Crippen LogP contribution in [0.2, 0.25) is 0 Å². The number of carboxylic acids is 1. The van der Waals surface area contributed by atoms with Gasteiger partial charge in [0.1, 0.15) is 5.82 Å². The largest absolute Gasteiger partial charge is 0.481 e. The molecule has 1 aromatic carbocycles. The number of fused-ring (bicyclic) bond motifs is 1. The average Bonchev–Trinajstić information content (AvgIpc) is 2.45. The van der Waals surface area contributed by atoms with Gasteiger partial charge < -0.3 is 15.7 Å². The van der Waals surface area contributed by atoms with Gasteiger partial charge in [-0.15, -0.1) is 6.42 Å². The normalized spacial score (nSPS) is 11.8. The van der Waals surface area contributed by atoms with E-state index in [1.807, 2.05) is 36.1 Å². The molecule has 0 aliphatic heterocycles. The smallest absolute Gasteiger partial charge is 0.305 e. The predicted molar refractivity (Wildman–Crippen MR) is 84.0 cm³/mol. The summed E-state index contributed by atoms with van der Waals surface area (Å²) >= 11 is 0. The molecule has 2 rings (SSSR count). The van der Waals surface area contributed by atoms with E-state index in [-0.39, 0.29) is 19.0 Å². The molecule has 0 aliphatic carbocycles. The second kappa shape index (κ2) is 6.14. The number of rotatable bonds is 5. The van der Waals surface area contributed by atoms with Crippen LogP contribution in [0.15, 0.2) is 30.5 Å². The van der Waals surface area contributed by atoms with Crippen molar-refractivity contribution in [2.75, 3.05) is 17.2 Å². The highest BCUT2D eigenvalue weighted by molar-refractivity contribution is 5.99. The molecule has 2 aromatic rings. The van der Waals surface area contributed by atoms with Crippen molar-refractivity contribution in [2.24, 2.45) is 0 Å². The van der Waals surface area contributed by atoms with Crippen molar-refractivity contribution in [3.8, 4) is 12.3 Å². The van der Waals surface area contributed by atoms with Gasteiger partial charge in [-0.05, 0) is 6.92 Å². The molecule has 21 heavy (non-hydrogen) atoms. The lowest BCUT2D eigenvalue weighted by molar-refractivity contribution is -0.137. The minimum atomic E-state index is -0.871. The summed E-state index contributed by atoms with van der Waals surface area (Å²) in [5.74, 6) is 2.35. The summed E-state index contributed by atoms with van der Waals surface area (Å²) in [6, 6.07) is 7.34. The molecule has 0 fully saturated rings. The van der Waals surface area contributed by atoms with Gasteiger partial charge >= 0.3 is 5.97 Å². The molecule has 0 radical (unpaired) electrons. The fourth-order valence-corrected chi connectivity index (χ4v) is 2.33. The number of hydrogen-bond donors (Lipinski definition) is 2. The third kappa shape index (κ3) is 3.06. The zero-order valence-electron chi connectivity index (χ0n) is 11.8. The van der Waals surface area contributed by atoms with Gasteiger partial charge in [0.05, 0.1) is 24.8 Å². The molecule has 1 aromatic heterocycles. The summed E-state index contributed by atoms with van der Waals surface area (Å²) in [6.07, 6.45) is 6.98. The van der Waals surface area contributed by atoms with E-state index in [0.29, 0.717) is 11.5 Å². The molecule has 0 spiro atoms. The van der Waals surface area contributed by atoms with Gasteiger partial charge in [-0.1, -0.05) is 30.2 Å². The topological polar surface area (TPSA) is 79.5 Å². The molecule has 1 atom stereocenters. The van der Waals surface area contributed by atoms with Crippen LogP contribution >= 0.6 is 0 Å². The van der Waals surface area contributed by atoms with Gasteiger partial charge in [0, 0.05) is 16.8 Å². The third-order valence-corrected chi connectivity index (χ3v) is 3.34. The number of nitrogens with two attached hydrogens (primary N) is 1. The highest BCUT2D eigenvalue weighted by Crippen LogP contribution is 2.29. The number of aromatic nitrogens is 1. The molecule has 0 amide bonds. The molecule has 1 heterocycles. The molecule has 5 nitrogen and oxygen atoms in total. The van der Waals surface area contributed by atoms with Crippen LogP contribution in [-0.4, -0.2) is 28.6 Å². The van der Waals surface area contributed by atoms with Gasteiger partial charge in [-0.25, -0.2) is 4.98 Å². The summed E-state index contributed by atoms with van der Waals surface area (Å²) < 4.78 is 0. The standard InChI is InChI=1S/C16H17N3O2/c1-3-8-19(11(2)9-15(20)21)16-13-7-5-4-6-12(13)14(17)10-18-16/h1,4-7,10-11H,8-9,17H2,2H3,(H,20,21)/t11-/m0/s1. The first-order valence-electron chi connectivity index (χ1n) is 6.59. The second-order valence-electron chi connectivity index (χ2n) is 4.86. The van der Waals surface area contributed by atoms with E-state index < -0.39 is 5.97 Å². The molecule has 0 saturated heterocycles. The number of anilines is 2. The number of carboxylic acid groups (broad SMARTS) is 1. The van der Waals surface area contributed by atoms with Gasteiger partial charge in [-0.2, -0.15) is 0 Å². The maximum absolute atomic E-state index is 10.9. The van der Waals surface area contributed by atoms with Crippen LogP contribution in [0, 0.1) is 12.3 Å². The first-order valence-corrected chi connectivity index (χ1v) is 6.59. The van der Waals surface area contributed by atoms with Crippen LogP contribution < -0.4 is 10.6 Å². The van der Waals surface area contributed by atoms with E-state index in [2.05, 4.69) is 10.9 Å². The number of terminal acetylenes is 1. The quantitative estimate of drug-likeness (QED) is 0.822. The predicted octanol–water partition coefficient (Wildman–Crippen LogP) is 2.12. The summed E-state index contributed by atoms with van der Waals surface area (Å²) in [5, 5.41) is 10.7. The van der Waals surface area contributed by atoms with Gasteiger partial charge in [0.2, 0.25) is 0 Å². The Balaban J connectivity index is 2.53. The fourth-order valence-electron chi connectivity index (χ4n) is 2.33. The fraction of sp³-hybridized carbons (Fsp3) is 0.250. The zero-order chi connectivity index (χ0) is 15.4.